The largest absolute Gasteiger partial charge is 0.401 e. The number of rotatable bonds is 4. The van der Waals surface area contributed by atoms with Gasteiger partial charge in [-0.25, -0.2) is 0 Å². The van der Waals surface area contributed by atoms with Gasteiger partial charge in [-0.2, -0.15) is 13.2 Å². The summed E-state index contributed by atoms with van der Waals surface area (Å²) in [5, 5.41) is 6.51. The summed E-state index contributed by atoms with van der Waals surface area (Å²) in [6.45, 7) is 0.609. The smallest absolute Gasteiger partial charge is 0.362 e. The van der Waals surface area contributed by atoms with Crippen molar-refractivity contribution in [2.75, 3.05) is 31.5 Å². The normalized spacial score (nSPS) is 18.4. The van der Waals surface area contributed by atoms with E-state index < -0.39 is 12.7 Å². The van der Waals surface area contributed by atoms with E-state index in [-0.39, 0.29) is 5.92 Å². The SMILES string of the molecule is C#Cc1cccc(NC(=S)NC[C@H]2CCN(CC(F)(F)F)C2)c1. The van der Waals surface area contributed by atoms with E-state index >= 15 is 0 Å². The van der Waals surface area contributed by atoms with Crippen LogP contribution in [0.1, 0.15) is 12.0 Å². The quantitative estimate of drug-likeness (QED) is 0.651. The summed E-state index contributed by atoms with van der Waals surface area (Å²) in [6.07, 6.45) is 1.93. The summed E-state index contributed by atoms with van der Waals surface area (Å²) in [6, 6.07) is 7.28. The topological polar surface area (TPSA) is 27.3 Å². The molecule has 1 aromatic rings. The number of anilines is 1. The second kappa shape index (κ2) is 7.66. The number of hydrogen-bond acceptors (Lipinski definition) is 2. The first kappa shape index (κ1) is 17.6. The first-order chi connectivity index (χ1) is 10.9. The summed E-state index contributed by atoms with van der Waals surface area (Å²) in [5.74, 6) is 2.70. The summed E-state index contributed by atoms with van der Waals surface area (Å²) < 4.78 is 37.1. The first-order valence-corrected chi connectivity index (χ1v) is 7.67. The van der Waals surface area contributed by atoms with E-state index in [9.17, 15) is 13.2 Å². The molecular weight excluding hydrogens is 323 g/mol. The summed E-state index contributed by atoms with van der Waals surface area (Å²) in [5.41, 5.74) is 1.53. The lowest BCUT2D eigenvalue weighted by atomic mass is 10.1. The number of nitrogens with zero attached hydrogens (tertiary/aromatic N) is 1. The number of nitrogens with one attached hydrogen (secondary N) is 2. The van der Waals surface area contributed by atoms with E-state index in [1.807, 2.05) is 18.2 Å². The monoisotopic (exact) mass is 341 g/mol. The van der Waals surface area contributed by atoms with Gasteiger partial charge in [0.25, 0.3) is 0 Å². The summed E-state index contributed by atoms with van der Waals surface area (Å²) >= 11 is 5.20. The molecule has 0 aromatic heterocycles. The molecule has 2 rings (SSSR count). The number of halogens is 3. The van der Waals surface area contributed by atoms with Crippen molar-refractivity contribution in [2.24, 2.45) is 5.92 Å². The molecule has 0 amide bonds. The fraction of sp³-hybridized carbons (Fsp3) is 0.438. The van der Waals surface area contributed by atoms with E-state index in [0.717, 1.165) is 17.7 Å². The lowest BCUT2D eigenvalue weighted by Gasteiger charge is -2.18. The number of terminal acetylenes is 1. The predicted molar refractivity (Wildman–Crippen MR) is 89.2 cm³/mol. The Bertz CT molecular complexity index is 595. The Morgan fingerprint density at radius 3 is 2.91 bits per heavy atom. The van der Waals surface area contributed by atoms with Crippen molar-refractivity contribution in [1.29, 1.82) is 0 Å². The van der Waals surface area contributed by atoms with Crippen LogP contribution in [0.5, 0.6) is 0 Å². The van der Waals surface area contributed by atoms with Gasteiger partial charge in [0.15, 0.2) is 5.11 Å². The van der Waals surface area contributed by atoms with Gasteiger partial charge in [-0.15, -0.1) is 6.42 Å². The van der Waals surface area contributed by atoms with Gasteiger partial charge in [0, 0.05) is 24.3 Å². The lowest BCUT2D eigenvalue weighted by molar-refractivity contribution is -0.143. The van der Waals surface area contributed by atoms with Crippen LogP contribution in [0, 0.1) is 18.3 Å². The van der Waals surface area contributed by atoms with Crippen molar-refractivity contribution in [1.82, 2.24) is 10.2 Å². The Hall–Kier alpha value is -1.78. The number of thiocarbonyl (C=S) groups is 1. The van der Waals surface area contributed by atoms with Crippen LogP contribution in [0.2, 0.25) is 0 Å². The summed E-state index contributed by atoms with van der Waals surface area (Å²) in [7, 11) is 0. The standard InChI is InChI=1S/C16H18F3N3S/c1-2-12-4-3-5-14(8-12)21-15(23)20-9-13-6-7-22(10-13)11-16(17,18)19/h1,3-5,8,13H,6-7,9-11H2,(H2,20,21,23)/t13-/m1/s1. The third-order valence-corrected chi connectivity index (χ3v) is 3.86. The van der Waals surface area contributed by atoms with Crippen molar-refractivity contribution < 1.29 is 13.2 Å². The lowest BCUT2D eigenvalue weighted by Crippen LogP contribution is -2.36. The second-order valence-electron chi connectivity index (χ2n) is 5.57. The molecule has 3 nitrogen and oxygen atoms in total. The number of likely N-dealkylation sites (tertiary alicyclic amines) is 1. The van der Waals surface area contributed by atoms with Crippen molar-refractivity contribution in [3.63, 3.8) is 0 Å². The third kappa shape index (κ3) is 6.08. The molecule has 0 aliphatic carbocycles. The molecule has 0 saturated carbocycles. The molecule has 0 spiro atoms. The molecule has 0 radical (unpaired) electrons. The number of alkyl halides is 3. The first-order valence-electron chi connectivity index (χ1n) is 7.26. The van der Waals surface area contributed by atoms with Crippen molar-refractivity contribution >= 4 is 23.0 Å². The molecule has 1 atom stereocenters. The Kier molecular flexibility index (Phi) is 5.85. The molecule has 1 saturated heterocycles. The molecular formula is C16H18F3N3S. The van der Waals surface area contributed by atoms with Gasteiger partial charge in [0.2, 0.25) is 0 Å². The number of benzene rings is 1. The fourth-order valence-electron chi connectivity index (χ4n) is 2.58. The molecule has 2 N–H and O–H groups in total. The van der Waals surface area contributed by atoms with E-state index in [4.69, 9.17) is 18.6 Å². The molecule has 1 aliphatic heterocycles. The third-order valence-electron chi connectivity index (χ3n) is 3.61. The van der Waals surface area contributed by atoms with E-state index in [1.165, 1.54) is 4.90 Å². The average molecular weight is 341 g/mol. The molecule has 0 unspecified atom stereocenters. The fourth-order valence-corrected chi connectivity index (χ4v) is 2.78. The van der Waals surface area contributed by atoms with E-state index in [0.29, 0.717) is 24.7 Å². The molecule has 1 heterocycles. The Morgan fingerprint density at radius 1 is 1.43 bits per heavy atom. The maximum Gasteiger partial charge on any atom is 0.401 e. The molecule has 124 valence electrons. The average Bonchev–Trinajstić information content (AvgIpc) is 2.91. The molecule has 1 aliphatic rings. The van der Waals surface area contributed by atoms with Gasteiger partial charge in [0.05, 0.1) is 6.54 Å². The highest BCUT2D eigenvalue weighted by Gasteiger charge is 2.34. The molecule has 1 aromatic carbocycles. The van der Waals surface area contributed by atoms with Gasteiger partial charge >= 0.3 is 6.18 Å². The van der Waals surface area contributed by atoms with Crippen LogP contribution in [-0.2, 0) is 0 Å². The van der Waals surface area contributed by atoms with Crippen molar-refractivity contribution in [3.05, 3.63) is 29.8 Å². The Balaban J connectivity index is 1.74. The second-order valence-corrected chi connectivity index (χ2v) is 5.97. The van der Waals surface area contributed by atoms with Gasteiger partial charge in [0.1, 0.15) is 0 Å². The van der Waals surface area contributed by atoms with Crippen LogP contribution in [0.15, 0.2) is 24.3 Å². The van der Waals surface area contributed by atoms with Crippen LogP contribution >= 0.6 is 12.2 Å². The minimum Gasteiger partial charge on any atom is -0.362 e. The summed E-state index contributed by atoms with van der Waals surface area (Å²) in [4.78, 5) is 1.43. The van der Waals surface area contributed by atoms with Crippen molar-refractivity contribution in [3.8, 4) is 12.3 Å². The van der Waals surface area contributed by atoms with Crippen LogP contribution < -0.4 is 10.6 Å². The maximum absolute atomic E-state index is 12.4. The minimum atomic E-state index is -4.14. The van der Waals surface area contributed by atoms with Gasteiger partial charge in [-0.05, 0) is 49.3 Å². The zero-order valence-electron chi connectivity index (χ0n) is 12.5. The van der Waals surface area contributed by atoms with Crippen molar-refractivity contribution in [2.45, 2.75) is 12.6 Å². The molecule has 23 heavy (non-hydrogen) atoms. The Labute approximate surface area is 139 Å². The molecule has 0 bridgehead atoms. The van der Waals surface area contributed by atoms with Crippen LogP contribution in [0.4, 0.5) is 18.9 Å². The zero-order chi connectivity index (χ0) is 16.9. The Morgan fingerprint density at radius 2 is 2.22 bits per heavy atom. The van der Waals surface area contributed by atoms with Crippen LogP contribution in [0.25, 0.3) is 0 Å². The molecule has 7 heteroatoms. The zero-order valence-corrected chi connectivity index (χ0v) is 13.3. The minimum absolute atomic E-state index is 0.161. The van der Waals surface area contributed by atoms with Crippen LogP contribution in [0.3, 0.4) is 0 Å². The highest BCUT2D eigenvalue weighted by Crippen LogP contribution is 2.22. The van der Waals surface area contributed by atoms with Crippen LogP contribution in [-0.4, -0.2) is 42.4 Å². The van der Waals surface area contributed by atoms with Gasteiger partial charge in [-0.3, -0.25) is 4.90 Å². The number of hydrogen-bond donors (Lipinski definition) is 2. The van der Waals surface area contributed by atoms with Gasteiger partial charge in [-0.1, -0.05) is 12.0 Å². The van der Waals surface area contributed by atoms with Gasteiger partial charge < -0.3 is 10.6 Å². The highest BCUT2D eigenvalue weighted by atomic mass is 32.1. The predicted octanol–water partition coefficient (Wildman–Crippen LogP) is 2.84. The highest BCUT2D eigenvalue weighted by molar-refractivity contribution is 7.80. The van der Waals surface area contributed by atoms with E-state index in [1.54, 1.807) is 6.07 Å². The van der Waals surface area contributed by atoms with E-state index in [2.05, 4.69) is 16.6 Å². The molecule has 1 fully saturated rings. The maximum atomic E-state index is 12.4.